The molecule has 0 saturated carbocycles. The maximum Gasteiger partial charge on any atom is 0.267 e. The summed E-state index contributed by atoms with van der Waals surface area (Å²) < 4.78 is 31.6. The number of nitrogens with zero attached hydrogens (tertiary/aromatic N) is 1. The van der Waals surface area contributed by atoms with Crippen molar-refractivity contribution in [3.63, 3.8) is 0 Å². The van der Waals surface area contributed by atoms with E-state index in [4.69, 9.17) is 16.3 Å². The average Bonchev–Trinajstić information content (AvgIpc) is 2.83. The Hall–Kier alpha value is -3.56. The van der Waals surface area contributed by atoms with E-state index < -0.39 is 22.0 Å². The molecule has 2 N–H and O–H groups in total. The van der Waals surface area contributed by atoms with Gasteiger partial charge in [-0.15, -0.1) is 0 Å². The van der Waals surface area contributed by atoms with E-state index in [1.165, 1.54) is 12.1 Å². The first-order valence-corrected chi connectivity index (χ1v) is 13.1. The van der Waals surface area contributed by atoms with Crippen LogP contribution in [0, 0.1) is 0 Å². The van der Waals surface area contributed by atoms with Crippen molar-refractivity contribution < 1.29 is 22.7 Å². The first kappa shape index (κ1) is 24.6. The number of rotatable bonds is 7. The largest absolute Gasteiger partial charge is 0.476 e. The van der Waals surface area contributed by atoms with Gasteiger partial charge in [0.2, 0.25) is 10.0 Å². The van der Waals surface area contributed by atoms with Crippen LogP contribution in [-0.2, 0) is 21.2 Å². The SMILES string of the molecule is CS(=O)(=O)N1CC(C(=O)Nc2ccccc2C(=O)NCCc2ccccc2)Oc2ccc(Cl)cc21. The second-order valence-corrected chi connectivity index (χ2v) is 10.4. The van der Waals surface area contributed by atoms with Crippen LogP contribution >= 0.6 is 11.6 Å². The summed E-state index contributed by atoms with van der Waals surface area (Å²) in [7, 11) is -3.70. The summed E-state index contributed by atoms with van der Waals surface area (Å²) in [4.78, 5) is 25.9. The van der Waals surface area contributed by atoms with Crippen LogP contribution in [0.4, 0.5) is 11.4 Å². The number of para-hydroxylation sites is 1. The topological polar surface area (TPSA) is 105 Å². The first-order valence-electron chi connectivity index (χ1n) is 10.9. The van der Waals surface area contributed by atoms with Gasteiger partial charge in [-0.1, -0.05) is 54.1 Å². The zero-order valence-electron chi connectivity index (χ0n) is 18.9. The lowest BCUT2D eigenvalue weighted by Gasteiger charge is -2.34. The summed E-state index contributed by atoms with van der Waals surface area (Å²) in [6.45, 7) is 0.197. The van der Waals surface area contributed by atoms with Crippen molar-refractivity contribution >= 4 is 44.8 Å². The minimum absolute atomic E-state index is 0.221. The summed E-state index contributed by atoms with van der Waals surface area (Å²) in [5, 5.41) is 5.92. The van der Waals surface area contributed by atoms with Crippen LogP contribution in [0.3, 0.4) is 0 Å². The number of carbonyl (C=O) groups is 2. The van der Waals surface area contributed by atoms with E-state index in [0.29, 0.717) is 23.7 Å². The Morgan fingerprint density at radius 2 is 1.77 bits per heavy atom. The number of carbonyl (C=O) groups excluding carboxylic acids is 2. The lowest BCUT2D eigenvalue weighted by atomic mass is 10.1. The fraction of sp³-hybridized carbons (Fsp3) is 0.200. The number of fused-ring (bicyclic) bond motifs is 1. The number of benzene rings is 3. The minimum Gasteiger partial charge on any atom is -0.476 e. The van der Waals surface area contributed by atoms with Gasteiger partial charge in [0.25, 0.3) is 11.8 Å². The summed E-state index contributed by atoms with van der Waals surface area (Å²) in [5.74, 6) is -0.693. The number of sulfonamides is 1. The summed E-state index contributed by atoms with van der Waals surface area (Å²) in [6.07, 6.45) is 0.585. The Morgan fingerprint density at radius 3 is 2.51 bits per heavy atom. The molecule has 3 aromatic carbocycles. The van der Waals surface area contributed by atoms with Crippen molar-refractivity contribution in [2.24, 2.45) is 0 Å². The van der Waals surface area contributed by atoms with Crippen LogP contribution in [0.1, 0.15) is 15.9 Å². The molecule has 1 unspecified atom stereocenters. The highest BCUT2D eigenvalue weighted by Crippen LogP contribution is 2.37. The van der Waals surface area contributed by atoms with E-state index >= 15 is 0 Å². The van der Waals surface area contributed by atoms with E-state index in [1.807, 2.05) is 30.3 Å². The Morgan fingerprint density at radius 1 is 1.06 bits per heavy atom. The van der Waals surface area contributed by atoms with E-state index in [1.54, 1.807) is 30.3 Å². The Balaban J connectivity index is 1.47. The molecule has 0 bridgehead atoms. The number of anilines is 2. The molecule has 1 aliphatic heterocycles. The highest BCUT2D eigenvalue weighted by molar-refractivity contribution is 7.92. The molecule has 4 rings (SSSR count). The van der Waals surface area contributed by atoms with Crippen LogP contribution in [0.5, 0.6) is 5.75 Å². The summed E-state index contributed by atoms with van der Waals surface area (Å²) in [6, 6.07) is 20.9. The molecule has 0 spiro atoms. The summed E-state index contributed by atoms with van der Waals surface area (Å²) >= 11 is 6.02. The first-order chi connectivity index (χ1) is 16.7. The maximum atomic E-state index is 13.1. The predicted molar refractivity (Wildman–Crippen MR) is 136 cm³/mol. The van der Waals surface area contributed by atoms with Gasteiger partial charge < -0.3 is 15.4 Å². The third-order valence-corrected chi connectivity index (χ3v) is 6.84. The molecule has 0 aromatic heterocycles. The second kappa shape index (κ2) is 10.4. The third-order valence-electron chi connectivity index (χ3n) is 5.45. The van der Waals surface area contributed by atoms with Crippen molar-refractivity contribution in [2.45, 2.75) is 12.5 Å². The highest BCUT2D eigenvalue weighted by Gasteiger charge is 2.35. The van der Waals surface area contributed by atoms with Gasteiger partial charge in [0, 0.05) is 11.6 Å². The van der Waals surface area contributed by atoms with Gasteiger partial charge in [-0.05, 0) is 42.3 Å². The lowest BCUT2D eigenvalue weighted by molar-refractivity contribution is -0.122. The quantitative estimate of drug-likeness (QED) is 0.503. The van der Waals surface area contributed by atoms with Gasteiger partial charge in [-0.3, -0.25) is 13.9 Å². The fourth-order valence-electron chi connectivity index (χ4n) is 3.74. The zero-order chi connectivity index (χ0) is 25.0. The molecule has 0 saturated heterocycles. The van der Waals surface area contributed by atoms with Crippen LogP contribution in [0.15, 0.2) is 72.8 Å². The fourth-order valence-corrected chi connectivity index (χ4v) is 4.81. The molecule has 2 amide bonds. The number of amides is 2. The lowest BCUT2D eigenvalue weighted by Crippen LogP contribution is -2.48. The van der Waals surface area contributed by atoms with E-state index in [2.05, 4.69) is 10.6 Å². The smallest absolute Gasteiger partial charge is 0.267 e. The molecule has 0 radical (unpaired) electrons. The van der Waals surface area contributed by atoms with Crippen molar-refractivity contribution in [3.05, 3.63) is 88.9 Å². The number of nitrogens with one attached hydrogen (secondary N) is 2. The zero-order valence-corrected chi connectivity index (χ0v) is 20.5. The van der Waals surface area contributed by atoms with E-state index in [9.17, 15) is 18.0 Å². The van der Waals surface area contributed by atoms with Crippen LogP contribution in [-0.4, -0.2) is 45.7 Å². The summed E-state index contributed by atoms with van der Waals surface area (Å²) in [5.41, 5.74) is 1.95. The Kier molecular flexibility index (Phi) is 7.28. The van der Waals surface area contributed by atoms with Gasteiger partial charge in [0.1, 0.15) is 5.75 Å². The van der Waals surface area contributed by atoms with Crippen molar-refractivity contribution in [2.75, 3.05) is 29.0 Å². The molecule has 35 heavy (non-hydrogen) atoms. The molecule has 1 atom stereocenters. The molecule has 1 heterocycles. The van der Waals surface area contributed by atoms with Gasteiger partial charge in [0.05, 0.1) is 29.7 Å². The number of hydrogen-bond donors (Lipinski definition) is 2. The molecule has 3 aromatic rings. The van der Waals surface area contributed by atoms with E-state index in [0.717, 1.165) is 16.1 Å². The highest BCUT2D eigenvalue weighted by atomic mass is 35.5. The molecular formula is C25H24ClN3O5S. The molecule has 1 aliphatic rings. The molecule has 8 nitrogen and oxygen atoms in total. The van der Waals surface area contributed by atoms with Crippen molar-refractivity contribution in [1.82, 2.24) is 5.32 Å². The molecule has 182 valence electrons. The number of hydrogen-bond acceptors (Lipinski definition) is 5. The number of halogens is 1. The minimum atomic E-state index is -3.70. The van der Waals surface area contributed by atoms with Crippen molar-refractivity contribution in [3.8, 4) is 5.75 Å². The Labute approximate surface area is 208 Å². The normalized spacial score (nSPS) is 15.0. The molecule has 10 heteroatoms. The van der Waals surface area contributed by atoms with Crippen molar-refractivity contribution in [1.29, 1.82) is 0 Å². The van der Waals surface area contributed by atoms with Gasteiger partial charge in [0.15, 0.2) is 6.10 Å². The van der Waals surface area contributed by atoms with Crippen LogP contribution < -0.4 is 19.7 Å². The van der Waals surface area contributed by atoms with E-state index in [-0.39, 0.29) is 29.5 Å². The van der Waals surface area contributed by atoms with Gasteiger partial charge in [-0.25, -0.2) is 8.42 Å². The Bertz CT molecular complexity index is 1350. The third kappa shape index (κ3) is 5.93. The molecular weight excluding hydrogens is 490 g/mol. The molecule has 0 fully saturated rings. The predicted octanol–water partition coefficient (Wildman–Crippen LogP) is 3.48. The van der Waals surface area contributed by atoms with Gasteiger partial charge >= 0.3 is 0 Å². The van der Waals surface area contributed by atoms with Crippen LogP contribution in [0.2, 0.25) is 5.02 Å². The van der Waals surface area contributed by atoms with Crippen LogP contribution in [0.25, 0.3) is 0 Å². The second-order valence-electron chi connectivity index (χ2n) is 8.04. The monoisotopic (exact) mass is 513 g/mol. The number of ether oxygens (including phenoxy) is 1. The average molecular weight is 514 g/mol. The molecule has 0 aliphatic carbocycles. The van der Waals surface area contributed by atoms with Gasteiger partial charge in [-0.2, -0.15) is 0 Å². The maximum absolute atomic E-state index is 13.1. The standard InChI is InChI=1S/C25H24ClN3O5S/c1-35(32,33)29-16-23(34-22-12-11-18(26)15-21(22)29)25(31)28-20-10-6-5-9-19(20)24(30)27-14-13-17-7-3-2-4-8-17/h2-12,15,23H,13-14,16H2,1H3,(H,27,30)(H,28,31).